The lowest BCUT2D eigenvalue weighted by atomic mass is 9.99. The summed E-state index contributed by atoms with van der Waals surface area (Å²) in [5.74, 6) is 0. The van der Waals surface area contributed by atoms with Gasteiger partial charge >= 0.3 is 0 Å². The van der Waals surface area contributed by atoms with Crippen molar-refractivity contribution in [3.8, 4) is 6.07 Å². The van der Waals surface area contributed by atoms with Gasteiger partial charge in [0, 0.05) is 19.2 Å². The monoisotopic (exact) mass is 279 g/mol. The molecule has 0 radical (unpaired) electrons. The normalized spacial score (nSPS) is 34.3. The largest absolute Gasteiger partial charge is 0.377 e. The van der Waals surface area contributed by atoms with E-state index in [0.29, 0.717) is 12.1 Å². The van der Waals surface area contributed by atoms with Gasteiger partial charge in [-0.1, -0.05) is 6.92 Å². The molecular formula is C16H29N3O. The third-order valence-electron chi connectivity index (χ3n) is 4.80. The lowest BCUT2D eigenvalue weighted by Crippen LogP contribution is -2.45. The molecular weight excluding hydrogens is 250 g/mol. The molecule has 1 saturated carbocycles. The third kappa shape index (κ3) is 3.94. The van der Waals surface area contributed by atoms with E-state index in [1.807, 2.05) is 0 Å². The highest BCUT2D eigenvalue weighted by Crippen LogP contribution is 2.32. The summed E-state index contributed by atoms with van der Waals surface area (Å²) in [4.78, 5) is 2.42. The predicted molar refractivity (Wildman–Crippen MR) is 80.5 cm³/mol. The standard InChI is InChI=1S/C16H29N3O/c1-3-9-18-16(13-17)8-7-14(11-16)19(2)12-15-6-4-5-10-20-15/h14-15,18H,3-12H2,1-2H3. The number of nitriles is 1. The van der Waals surface area contributed by atoms with Crippen LogP contribution in [0.4, 0.5) is 0 Å². The molecule has 0 bridgehead atoms. The molecule has 4 heteroatoms. The smallest absolute Gasteiger partial charge is 0.108 e. The first kappa shape index (κ1) is 15.8. The van der Waals surface area contributed by atoms with Gasteiger partial charge in [-0.05, 0) is 58.5 Å². The molecule has 2 rings (SSSR count). The first-order chi connectivity index (χ1) is 9.69. The molecule has 20 heavy (non-hydrogen) atoms. The van der Waals surface area contributed by atoms with Gasteiger partial charge in [0.15, 0.2) is 0 Å². The zero-order valence-corrected chi connectivity index (χ0v) is 13.0. The Balaban J connectivity index is 1.82. The summed E-state index contributed by atoms with van der Waals surface area (Å²) in [6, 6.07) is 3.05. The molecule has 0 aromatic rings. The van der Waals surface area contributed by atoms with Crippen LogP contribution in [-0.2, 0) is 4.74 Å². The van der Waals surface area contributed by atoms with Gasteiger partial charge in [-0.15, -0.1) is 0 Å². The van der Waals surface area contributed by atoms with Gasteiger partial charge in [0.2, 0.25) is 0 Å². The van der Waals surface area contributed by atoms with Crippen LogP contribution in [0, 0.1) is 11.3 Å². The van der Waals surface area contributed by atoms with Crippen molar-refractivity contribution in [1.82, 2.24) is 10.2 Å². The van der Waals surface area contributed by atoms with E-state index in [2.05, 4.69) is 30.3 Å². The quantitative estimate of drug-likeness (QED) is 0.810. The van der Waals surface area contributed by atoms with Crippen LogP contribution in [0.2, 0.25) is 0 Å². The average molecular weight is 279 g/mol. The molecule has 4 nitrogen and oxygen atoms in total. The van der Waals surface area contributed by atoms with Crippen LogP contribution >= 0.6 is 0 Å². The Kier molecular flexibility index (Phi) is 5.83. The van der Waals surface area contributed by atoms with Crippen LogP contribution in [0.25, 0.3) is 0 Å². The van der Waals surface area contributed by atoms with Crippen molar-refractivity contribution < 1.29 is 4.74 Å². The molecule has 3 atom stereocenters. The van der Waals surface area contributed by atoms with Crippen LogP contribution in [0.15, 0.2) is 0 Å². The lowest BCUT2D eigenvalue weighted by Gasteiger charge is -2.31. The summed E-state index contributed by atoms with van der Waals surface area (Å²) in [7, 11) is 2.19. The molecule has 0 aromatic heterocycles. The minimum atomic E-state index is -0.289. The molecule has 2 aliphatic rings. The Bertz CT molecular complexity index is 335. The highest BCUT2D eigenvalue weighted by Gasteiger charge is 2.40. The maximum atomic E-state index is 9.51. The zero-order valence-electron chi connectivity index (χ0n) is 13.0. The summed E-state index contributed by atoms with van der Waals surface area (Å²) >= 11 is 0. The summed E-state index contributed by atoms with van der Waals surface area (Å²) in [5.41, 5.74) is -0.289. The number of hydrogen-bond donors (Lipinski definition) is 1. The van der Waals surface area contributed by atoms with Crippen LogP contribution in [0.3, 0.4) is 0 Å². The van der Waals surface area contributed by atoms with E-state index < -0.39 is 0 Å². The molecule has 1 saturated heterocycles. The fourth-order valence-electron chi connectivity index (χ4n) is 3.48. The van der Waals surface area contributed by atoms with Gasteiger partial charge in [0.05, 0.1) is 12.2 Å². The SMILES string of the molecule is CCCNC1(C#N)CCC(N(C)CC2CCCCO2)C1. The molecule has 1 N–H and O–H groups in total. The van der Waals surface area contributed by atoms with Crippen molar-refractivity contribution in [1.29, 1.82) is 5.26 Å². The molecule has 1 heterocycles. The number of likely N-dealkylation sites (N-methyl/N-ethyl adjacent to an activating group) is 1. The van der Waals surface area contributed by atoms with Crippen LogP contribution in [-0.4, -0.2) is 49.3 Å². The molecule has 0 spiro atoms. The molecule has 0 aromatic carbocycles. The number of ether oxygens (including phenoxy) is 1. The molecule has 0 amide bonds. The van der Waals surface area contributed by atoms with Crippen molar-refractivity contribution in [2.24, 2.45) is 0 Å². The zero-order chi connectivity index (χ0) is 14.4. The first-order valence-electron chi connectivity index (χ1n) is 8.17. The topological polar surface area (TPSA) is 48.3 Å². The predicted octanol–water partition coefficient (Wildman–Crippen LogP) is 2.30. The van der Waals surface area contributed by atoms with E-state index in [-0.39, 0.29) is 5.54 Å². The Morgan fingerprint density at radius 1 is 1.40 bits per heavy atom. The Morgan fingerprint density at radius 2 is 2.25 bits per heavy atom. The van der Waals surface area contributed by atoms with Gasteiger partial charge in [-0.3, -0.25) is 5.32 Å². The second-order valence-electron chi connectivity index (χ2n) is 6.45. The van der Waals surface area contributed by atoms with Crippen molar-refractivity contribution in [3.05, 3.63) is 0 Å². The van der Waals surface area contributed by atoms with Gasteiger partial charge in [0.25, 0.3) is 0 Å². The van der Waals surface area contributed by atoms with E-state index in [1.54, 1.807) is 0 Å². The van der Waals surface area contributed by atoms with Gasteiger partial charge in [-0.25, -0.2) is 0 Å². The van der Waals surface area contributed by atoms with E-state index >= 15 is 0 Å². The lowest BCUT2D eigenvalue weighted by molar-refractivity contribution is -0.00802. The minimum Gasteiger partial charge on any atom is -0.377 e. The maximum absolute atomic E-state index is 9.51. The maximum Gasteiger partial charge on any atom is 0.108 e. The van der Waals surface area contributed by atoms with E-state index in [0.717, 1.165) is 45.4 Å². The van der Waals surface area contributed by atoms with Gasteiger partial charge in [0.1, 0.15) is 5.54 Å². The molecule has 3 unspecified atom stereocenters. The van der Waals surface area contributed by atoms with Crippen molar-refractivity contribution in [2.75, 3.05) is 26.7 Å². The number of nitrogens with one attached hydrogen (secondary N) is 1. The Morgan fingerprint density at radius 3 is 2.90 bits per heavy atom. The summed E-state index contributed by atoms with van der Waals surface area (Å²) in [6.45, 7) is 5.02. The van der Waals surface area contributed by atoms with Gasteiger partial charge < -0.3 is 9.64 Å². The molecule has 114 valence electrons. The van der Waals surface area contributed by atoms with E-state index in [9.17, 15) is 5.26 Å². The first-order valence-corrected chi connectivity index (χ1v) is 8.17. The number of nitrogens with zero attached hydrogens (tertiary/aromatic N) is 2. The summed E-state index contributed by atoms with van der Waals surface area (Å²) in [6.07, 6.45) is 8.22. The third-order valence-corrected chi connectivity index (χ3v) is 4.80. The van der Waals surface area contributed by atoms with Crippen LogP contribution < -0.4 is 5.32 Å². The van der Waals surface area contributed by atoms with Gasteiger partial charge in [-0.2, -0.15) is 5.26 Å². The van der Waals surface area contributed by atoms with E-state index in [4.69, 9.17) is 4.74 Å². The fraction of sp³-hybridized carbons (Fsp3) is 0.938. The minimum absolute atomic E-state index is 0.289. The van der Waals surface area contributed by atoms with Crippen LogP contribution in [0.1, 0.15) is 51.9 Å². The second kappa shape index (κ2) is 7.40. The number of rotatable bonds is 6. The number of hydrogen-bond acceptors (Lipinski definition) is 4. The summed E-state index contributed by atoms with van der Waals surface area (Å²) in [5, 5.41) is 13.0. The Labute approximate surface area is 123 Å². The summed E-state index contributed by atoms with van der Waals surface area (Å²) < 4.78 is 5.83. The fourth-order valence-corrected chi connectivity index (χ4v) is 3.48. The highest BCUT2D eigenvalue weighted by molar-refractivity contribution is 5.13. The van der Waals surface area contributed by atoms with Crippen molar-refractivity contribution in [2.45, 2.75) is 69.6 Å². The average Bonchev–Trinajstić information content (AvgIpc) is 2.91. The van der Waals surface area contributed by atoms with E-state index in [1.165, 1.54) is 19.3 Å². The Hall–Kier alpha value is -0.630. The van der Waals surface area contributed by atoms with Crippen molar-refractivity contribution >= 4 is 0 Å². The van der Waals surface area contributed by atoms with Crippen molar-refractivity contribution in [3.63, 3.8) is 0 Å². The molecule has 2 fully saturated rings. The second-order valence-corrected chi connectivity index (χ2v) is 6.45. The molecule has 1 aliphatic heterocycles. The highest BCUT2D eigenvalue weighted by atomic mass is 16.5. The van der Waals surface area contributed by atoms with Crippen LogP contribution in [0.5, 0.6) is 0 Å². The molecule has 1 aliphatic carbocycles.